The fraction of sp³-hybridized carbons (Fsp3) is 0.571. The molecule has 5 heterocycles. The first-order valence-electron chi connectivity index (χ1n) is 10.4. The van der Waals surface area contributed by atoms with Gasteiger partial charge in [0, 0.05) is 26.6 Å². The summed E-state index contributed by atoms with van der Waals surface area (Å²) in [6.07, 6.45) is 2.33. The third-order valence-corrected chi connectivity index (χ3v) is 6.32. The van der Waals surface area contributed by atoms with Gasteiger partial charge >= 0.3 is 0 Å². The van der Waals surface area contributed by atoms with Gasteiger partial charge in [0.2, 0.25) is 5.88 Å². The molecule has 0 bridgehead atoms. The molecule has 5 rings (SSSR count). The molecule has 7 nitrogen and oxygen atoms in total. The lowest BCUT2D eigenvalue weighted by molar-refractivity contribution is 0.185. The van der Waals surface area contributed by atoms with Gasteiger partial charge in [-0.3, -0.25) is 10.2 Å². The first kappa shape index (κ1) is 22.3. The maximum Gasteiger partial charge on any atom is 0.227 e. The summed E-state index contributed by atoms with van der Waals surface area (Å²) in [6, 6.07) is 0. The molecular formula is C21H26ClF2N5O2. The lowest BCUT2D eigenvalue weighted by Gasteiger charge is -2.30. The zero-order valence-corrected chi connectivity index (χ0v) is 18.2. The van der Waals surface area contributed by atoms with E-state index in [9.17, 15) is 4.39 Å². The van der Waals surface area contributed by atoms with Gasteiger partial charge in [-0.2, -0.15) is 4.98 Å². The molecule has 10 heteroatoms. The van der Waals surface area contributed by atoms with Crippen molar-refractivity contribution in [3.63, 3.8) is 0 Å². The van der Waals surface area contributed by atoms with E-state index in [1.54, 1.807) is 0 Å². The minimum Gasteiger partial charge on any atom is -0.461 e. The Morgan fingerprint density at radius 1 is 1.29 bits per heavy atom. The number of pyridine rings is 1. The van der Waals surface area contributed by atoms with Gasteiger partial charge in [0.25, 0.3) is 0 Å². The smallest absolute Gasteiger partial charge is 0.227 e. The zero-order chi connectivity index (χ0) is 22.2. The van der Waals surface area contributed by atoms with Crippen LogP contribution in [-0.4, -0.2) is 64.6 Å². The number of aryl methyl sites for hydroxylation is 1. The predicted molar refractivity (Wildman–Crippen MR) is 113 cm³/mol. The van der Waals surface area contributed by atoms with Crippen LogP contribution in [0.5, 0.6) is 5.88 Å². The molecule has 0 aliphatic carbocycles. The number of aliphatic hydroxyl groups is 1. The largest absolute Gasteiger partial charge is 0.461 e. The number of nitrogens with zero attached hydrogens (tertiary/aromatic N) is 4. The molecule has 0 radical (unpaired) electrons. The molecule has 2 fully saturated rings. The van der Waals surface area contributed by atoms with Gasteiger partial charge in [-0.1, -0.05) is 23.8 Å². The standard InChI is InChI=1S/C20H22ClF2N5O.CH4O/c1-11-6-20(7-12(22)9-28(20)8-11)19-25-13-4-2-3-5-24-10-29-18-14(13)16(26-19)15(23)17(21)27-18;1-2/h12,24H,1-10H2;2H,1H3. The van der Waals surface area contributed by atoms with Crippen LogP contribution in [-0.2, 0) is 12.0 Å². The van der Waals surface area contributed by atoms with Crippen LogP contribution in [0.1, 0.15) is 37.2 Å². The van der Waals surface area contributed by atoms with Gasteiger partial charge in [0.1, 0.15) is 24.2 Å². The number of hydrogen-bond acceptors (Lipinski definition) is 7. The van der Waals surface area contributed by atoms with Gasteiger partial charge < -0.3 is 9.84 Å². The van der Waals surface area contributed by atoms with E-state index < -0.39 is 17.5 Å². The number of aromatic nitrogens is 3. The molecule has 2 aromatic heterocycles. The number of fused-ring (bicyclic) bond motifs is 1. The Kier molecular flexibility index (Phi) is 6.39. The molecule has 2 aromatic rings. The van der Waals surface area contributed by atoms with E-state index in [2.05, 4.69) is 21.9 Å². The topological polar surface area (TPSA) is 83.4 Å². The SMILES string of the molecule is C=C1CN2CC(F)CC2(c2nc3c4c(nc(Cl)c(F)c4n2)OCNCCCC3)C1.CO. The predicted octanol–water partition coefficient (Wildman–Crippen LogP) is 2.89. The number of nitrogens with one attached hydrogen (secondary N) is 1. The highest BCUT2D eigenvalue weighted by molar-refractivity contribution is 6.30. The highest BCUT2D eigenvalue weighted by Gasteiger charge is 2.53. The van der Waals surface area contributed by atoms with Crippen molar-refractivity contribution in [2.45, 2.75) is 43.8 Å². The molecule has 2 unspecified atom stereocenters. The maximum atomic E-state index is 15.0. The molecule has 0 amide bonds. The summed E-state index contributed by atoms with van der Waals surface area (Å²) in [6.45, 7) is 6.06. The summed E-state index contributed by atoms with van der Waals surface area (Å²) in [4.78, 5) is 15.6. The molecule has 0 aromatic carbocycles. The van der Waals surface area contributed by atoms with Crippen LogP contribution in [0.4, 0.5) is 8.78 Å². The fourth-order valence-electron chi connectivity index (χ4n) is 4.84. The quantitative estimate of drug-likeness (QED) is 0.507. The van der Waals surface area contributed by atoms with E-state index in [4.69, 9.17) is 26.4 Å². The third-order valence-electron chi connectivity index (χ3n) is 6.07. The molecule has 3 aliphatic heterocycles. The average Bonchev–Trinajstić information content (AvgIpc) is 3.23. The van der Waals surface area contributed by atoms with Crippen LogP contribution in [0.3, 0.4) is 0 Å². The Morgan fingerprint density at radius 2 is 2.10 bits per heavy atom. The molecule has 0 saturated carbocycles. The van der Waals surface area contributed by atoms with Gasteiger partial charge in [0.15, 0.2) is 11.0 Å². The normalized spacial score (nSPS) is 26.2. The third kappa shape index (κ3) is 3.88. The van der Waals surface area contributed by atoms with Crippen LogP contribution < -0.4 is 10.1 Å². The van der Waals surface area contributed by atoms with Crippen molar-refractivity contribution in [1.82, 2.24) is 25.2 Å². The Labute approximate surface area is 184 Å². The van der Waals surface area contributed by atoms with E-state index >= 15 is 4.39 Å². The van der Waals surface area contributed by atoms with Crippen LogP contribution in [0.15, 0.2) is 12.2 Å². The van der Waals surface area contributed by atoms with E-state index in [-0.39, 0.29) is 29.7 Å². The number of halogens is 3. The Bertz CT molecular complexity index is 1010. The number of aliphatic hydroxyl groups excluding tert-OH is 1. The first-order chi connectivity index (χ1) is 15.0. The van der Waals surface area contributed by atoms with Crippen molar-refractivity contribution in [2.75, 3.05) is 33.5 Å². The number of alkyl halides is 1. The van der Waals surface area contributed by atoms with Gasteiger partial charge in [-0.25, -0.2) is 18.7 Å². The minimum atomic E-state index is -0.965. The highest BCUT2D eigenvalue weighted by atomic mass is 35.5. The summed E-state index contributed by atoms with van der Waals surface area (Å²) < 4.78 is 35.1. The molecule has 2 saturated heterocycles. The average molecular weight is 454 g/mol. The van der Waals surface area contributed by atoms with Crippen LogP contribution in [0.2, 0.25) is 5.15 Å². The van der Waals surface area contributed by atoms with Gasteiger partial charge in [-0.15, -0.1) is 0 Å². The second-order valence-electron chi connectivity index (χ2n) is 8.13. The van der Waals surface area contributed by atoms with Crippen LogP contribution in [0.25, 0.3) is 10.9 Å². The van der Waals surface area contributed by atoms with E-state index in [1.165, 1.54) is 0 Å². The summed E-state index contributed by atoms with van der Waals surface area (Å²) >= 11 is 6.05. The maximum absolute atomic E-state index is 15.0. The van der Waals surface area contributed by atoms with Crippen molar-refractivity contribution in [3.05, 3.63) is 34.6 Å². The summed E-state index contributed by atoms with van der Waals surface area (Å²) in [5, 5.41) is 10.3. The summed E-state index contributed by atoms with van der Waals surface area (Å²) in [7, 11) is 1.00. The fourth-order valence-corrected chi connectivity index (χ4v) is 5.00. The zero-order valence-electron chi connectivity index (χ0n) is 17.4. The number of hydrogen-bond donors (Lipinski definition) is 2. The first-order valence-corrected chi connectivity index (χ1v) is 10.8. The lowest BCUT2D eigenvalue weighted by atomic mass is 9.90. The van der Waals surface area contributed by atoms with E-state index in [1.807, 2.05) is 4.90 Å². The second-order valence-corrected chi connectivity index (χ2v) is 8.48. The lowest BCUT2D eigenvalue weighted by Crippen LogP contribution is -2.37. The van der Waals surface area contributed by atoms with Crippen molar-refractivity contribution in [2.24, 2.45) is 0 Å². The van der Waals surface area contributed by atoms with Gasteiger partial charge in [-0.05, 0) is 32.2 Å². The molecule has 31 heavy (non-hydrogen) atoms. The van der Waals surface area contributed by atoms with Crippen LogP contribution >= 0.6 is 11.6 Å². The Hall–Kier alpha value is -1.94. The second kappa shape index (κ2) is 8.90. The van der Waals surface area contributed by atoms with Crippen molar-refractivity contribution < 1.29 is 18.6 Å². The molecule has 2 N–H and O–H groups in total. The van der Waals surface area contributed by atoms with Gasteiger partial charge in [0.05, 0.1) is 16.6 Å². The highest BCUT2D eigenvalue weighted by Crippen LogP contribution is 2.48. The molecule has 3 aliphatic rings. The Morgan fingerprint density at radius 3 is 2.90 bits per heavy atom. The molecule has 0 spiro atoms. The molecule has 168 valence electrons. The number of ether oxygens (including phenoxy) is 1. The van der Waals surface area contributed by atoms with Crippen molar-refractivity contribution in [3.8, 4) is 5.88 Å². The van der Waals surface area contributed by atoms with Crippen molar-refractivity contribution >= 4 is 22.5 Å². The van der Waals surface area contributed by atoms with E-state index in [0.29, 0.717) is 42.8 Å². The van der Waals surface area contributed by atoms with Crippen molar-refractivity contribution in [1.29, 1.82) is 0 Å². The van der Waals surface area contributed by atoms with E-state index in [0.717, 1.165) is 32.1 Å². The molecular weight excluding hydrogens is 428 g/mol. The summed E-state index contributed by atoms with van der Waals surface area (Å²) in [5.41, 5.74) is 1.11. The molecule has 2 atom stereocenters. The minimum absolute atomic E-state index is 0.0923. The monoisotopic (exact) mass is 453 g/mol. The Balaban J connectivity index is 0.00000112. The number of rotatable bonds is 1. The summed E-state index contributed by atoms with van der Waals surface area (Å²) in [5.74, 6) is -0.0260. The van der Waals surface area contributed by atoms with Crippen LogP contribution in [0, 0.1) is 5.82 Å².